The fraction of sp³-hybridized carbons (Fsp3) is 0.467. The molecule has 1 fully saturated rings. The third-order valence-corrected chi connectivity index (χ3v) is 4.81. The van der Waals surface area contributed by atoms with Gasteiger partial charge in [0.25, 0.3) is 0 Å². The molecule has 0 aromatic heterocycles. The van der Waals surface area contributed by atoms with Crippen LogP contribution in [-0.2, 0) is 16.1 Å². The second-order valence-electron chi connectivity index (χ2n) is 5.47. The number of aliphatic carboxylic acids is 1. The van der Waals surface area contributed by atoms with Gasteiger partial charge in [-0.2, -0.15) is 11.8 Å². The monoisotopic (exact) mass is 311 g/mol. The van der Waals surface area contributed by atoms with Gasteiger partial charge in [-0.05, 0) is 41.7 Å². The van der Waals surface area contributed by atoms with Gasteiger partial charge in [0.2, 0.25) is 5.91 Å². The van der Waals surface area contributed by atoms with Crippen molar-refractivity contribution in [2.75, 3.05) is 11.5 Å². The molecule has 1 aromatic carbocycles. The maximum atomic E-state index is 12.7. The Morgan fingerprint density at radius 1 is 1.29 bits per heavy atom. The molecule has 0 unspecified atom stereocenters. The average molecular weight is 311 g/mol. The summed E-state index contributed by atoms with van der Waals surface area (Å²) in [6.07, 6.45) is 2.06. The number of halogens is 1. The largest absolute Gasteiger partial charge is 0.481 e. The summed E-state index contributed by atoms with van der Waals surface area (Å²) in [6.45, 7) is 0.375. The highest BCUT2D eigenvalue weighted by atomic mass is 32.2. The molecule has 1 aromatic rings. The molecule has 0 atom stereocenters. The van der Waals surface area contributed by atoms with Gasteiger partial charge in [-0.15, -0.1) is 0 Å². The van der Waals surface area contributed by atoms with E-state index < -0.39 is 5.97 Å². The lowest BCUT2D eigenvalue weighted by atomic mass is 10.1. The zero-order valence-electron chi connectivity index (χ0n) is 11.6. The SMILES string of the molecule is O=C(O)CC1(CSCC(=O)NCc2ccc(F)cc2)CC1. The van der Waals surface area contributed by atoms with Gasteiger partial charge in [0, 0.05) is 6.54 Å². The van der Waals surface area contributed by atoms with Crippen LogP contribution in [0.25, 0.3) is 0 Å². The summed E-state index contributed by atoms with van der Waals surface area (Å²) >= 11 is 1.48. The van der Waals surface area contributed by atoms with Gasteiger partial charge in [-0.25, -0.2) is 4.39 Å². The lowest BCUT2D eigenvalue weighted by molar-refractivity contribution is -0.138. The number of nitrogens with one attached hydrogen (secondary N) is 1. The first-order valence-electron chi connectivity index (χ1n) is 6.80. The van der Waals surface area contributed by atoms with E-state index in [1.54, 1.807) is 12.1 Å². The zero-order chi connectivity index (χ0) is 15.3. The molecule has 1 aliphatic carbocycles. The Kier molecular flexibility index (Phi) is 5.22. The fourth-order valence-corrected chi connectivity index (χ4v) is 3.30. The number of benzene rings is 1. The molecule has 2 rings (SSSR count). The van der Waals surface area contributed by atoms with Crippen LogP contribution in [0.4, 0.5) is 4.39 Å². The van der Waals surface area contributed by atoms with Gasteiger partial charge in [-0.1, -0.05) is 12.1 Å². The van der Waals surface area contributed by atoms with E-state index in [-0.39, 0.29) is 23.6 Å². The first-order chi connectivity index (χ1) is 9.99. The van der Waals surface area contributed by atoms with E-state index in [2.05, 4.69) is 5.32 Å². The predicted molar refractivity (Wildman–Crippen MR) is 79.5 cm³/mol. The summed E-state index contributed by atoms with van der Waals surface area (Å²) < 4.78 is 12.7. The number of rotatable bonds is 8. The number of carboxylic acids is 1. The van der Waals surface area contributed by atoms with E-state index in [0.717, 1.165) is 18.4 Å². The Labute approximate surface area is 127 Å². The zero-order valence-corrected chi connectivity index (χ0v) is 12.4. The summed E-state index contributed by atoms with van der Waals surface area (Å²) in [6, 6.07) is 5.99. The molecule has 114 valence electrons. The van der Waals surface area contributed by atoms with Crippen molar-refractivity contribution in [3.8, 4) is 0 Å². The number of carboxylic acid groups (broad SMARTS) is 1. The Morgan fingerprint density at radius 3 is 2.52 bits per heavy atom. The summed E-state index contributed by atoms with van der Waals surface area (Å²) in [5.41, 5.74) is 0.757. The second kappa shape index (κ2) is 6.93. The van der Waals surface area contributed by atoms with E-state index in [0.29, 0.717) is 18.1 Å². The summed E-state index contributed by atoms with van der Waals surface area (Å²) in [5.74, 6) is -0.121. The van der Waals surface area contributed by atoms with E-state index in [9.17, 15) is 14.0 Å². The van der Waals surface area contributed by atoms with Crippen LogP contribution in [0.3, 0.4) is 0 Å². The minimum atomic E-state index is -0.770. The molecule has 21 heavy (non-hydrogen) atoms. The standard InChI is InChI=1S/C15H18FNO3S/c16-12-3-1-11(2-4-12)8-17-13(18)9-21-10-15(5-6-15)7-14(19)20/h1-4H,5-10H2,(H,17,18)(H,19,20). The predicted octanol–water partition coefficient (Wildman–Crippen LogP) is 2.43. The van der Waals surface area contributed by atoms with Gasteiger partial charge in [0.15, 0.2) is 0 Å². The molecule has 2 N–H and O–H groups in total. The van der Waals surface area contributed by atoms with Gasteiger partial charge < -0.3 is 10.4 Å². The van der Waals surface area contributed by atoms with E-state index >= 15 is 0 Å². The van der Waals surface area contributed by atoms with Crippen molar-refractivity contribution in [1.82, 2.24) is 5.32 Å². The number of carbonyl (C=O) groups excluding carboxylic acids is 1. The van der Waals surface area contributed by atoms with Crippen LogP contribution in [-0.4, -0.2) is 28.5 Å². The van der Waals surface area contributed by atoms with Crippen LogP contribution >= 0.6 is 11.8 Å². The van der Waals surface area contributed by atoms with Crippen LogP contribution in [0.2, 0.25) is 0 Å². The highest BCUT2D eigenvalue weighted by Crippen LogP contribution is 2.50. The summed E-state index contributed by atoms with van der Waals surface area (Å²) in [7, 11) is 0. The molecule has 1 amide bonds. The first kappa shape index (κ1) is 15.8. The normalized spacial score (nSPS) is 15.5. The van der Waals surface area contributed by atoms with Crippen molar-refractivity contribution in [3.63, 3.8) is 0 Å². The molecular weight excluding hydrogens is 293 g/mol. The Balaban J connectivity index is 1.64. The van der Waals surface area contributed by atoms with Crippen LogP contribution in [0.1, 0.15) is 24.8 Å². The third-order valence-electron chi connectivity index (χ3n) is 3.53. The van der Waals surface area contributed by atoms with Crippen molar-refractivity contribution >= 4 is 23.6 Å². The highest BCUT2D eigenvalue weighted by molar-refractivity contribution is 7.99. The molecule has 0 spiro atoms. The maximum absolute atomic E-state index is 12.7. The first-order valence-corrected chi connectivity index (χ1v) is 7.95. The van der Waals surface area contributed by atoms with Crippen LogP contribution < -0.4 is 5.32 Å². The van der Waals surface area contributed by atoms with E-state index in [1.807, 2.05) is 0 Å². The number of thioether (sulfide) groups is 1. The lowest BCUT2D eigenvalue weighted by Crippen LogP contribution is -2.25. The number of hydrogen-bond acceptors (Lipinski definition) is 3. The third kappa shape index (κ3) is 5.38. The van der Waals surface area contributed by atoms with Gasteiger partial charge in [-0.3, -0.25) is 9.59 Å². The maximum Gasteiger partial charge on any atom is 0.303 e. The minimum Gasteiger partial charge on any atom is -0.481 e. The van der Waals surface area contributed by atoms with Crippen molar-refractivity contribution in [3.05, 3.63) is 35.6 Å². The smallest absolute Gasteiger partial charge is 0.303 e. The summed E-state index contributed by atoms with van der Waals surface area (Å²) in [4.78, 5) is 22.4. The number of hydrogen-bond donors (Lipinski definition) is 2. The number of carbonyl (C=O) groups is 2. The Bertz CT molecular complexity index is 514. The summed E-state index contributed by atoms with van der Waals surface area (Å²) in [5, 5.41) is 11.6. The molecule has 4 nitrogen and oxygen atoms in total. The van der Waals surface area contributed by atoms with Gasteiger partial charge >= 0.3 is 5.97 Å². The molecule has 0 aliphatic heterocycles. The van der Waals surface area contributed by atoms with Crippen molar-refractivity contribution in [2.45, 2.75) is 25.8 Å². The average Bonchev–Trinajstić information content (AvgIpc) is 3.17. The molecule has 0 radical (unpaired) electrons. The van der Waals surface area contributed by atoms with Gasteiger partial charge in [0.1, 0.15) is 5.82 Å². The molecule has 0 heterocycles. The minimum absolute atomic E-state index is 0.0875. The molecule has 0 saturated heterocycles. The quantitative estimate of drug-likeness (QED) is 0.774. The van der Waals surface area contributed by atoms with Crippen molar-refractivity contribution < 1.29 is 19.1 Å². The van der Waals surface area contributed by atoms with Crippen molar-refractivity contribution in [2.24, 2.45) is 5.41 Å². The van der Waals surface area contributed by atoms with E-state index in [4.69, 9.17) is 5.11 Å². The fourth-order valence-electron chi connectivity index (χ4n) is 2.08. The second-order valence-corrected chi connectivity index (χ2v) is 6.45. The molecule has 0 bridgehead atoms. The highest BCUT2D eigenvalue weighted by Gasteiger charge is 2.44. The van der Waals surface area contributed by atoms with Crippen LogP contribution in [0, 0.1) is 11.2 Å². The molecule has 6 heteroatoms. The lowest BCUT2D eigenvalue weighted by Gasteiger charge is -2.11. The Hall–Kier alpha value is -1.56. The topological polar surface area (TPSA) is 66.4 Å². The molecule has 1 aliphatic rings. The van der Waals surface area contributed by atoms with Crippen LogP contribution in [0.15, 0.2) is 24.3 Å². The number of amides is 1. The van der Waals surface area contributed by atoms with Crippen molar-refractivity contribution in [1.29, 1.82) is 0 Å². The Morgan fingerprint density at radius 2 is 1.95 bits per heavy atom. The molecular formula is C15H18FNO3S. The molecule has 1 saturated carbocycles. The van der Waals surface area contributed by atoms with Gasteiger partial charge in [0.05, 0.1) is 12.2 Å². The van der Waals surface area contributed by atoms with Crippen LogP contribution in [0.5, 0.6) is 0 Å². The van der Waals surface area contributed by atoms with E-state index in [1.165, 1.54) is 23.9 Å².